The molecule has 1 heterocycles. The van der Waals surface area contributed by atoms with E-state index in [0.717, 1.165) is 25.8 Å². The van der Waals surface area contributed by atoms with E-state index in [-0.39, 0.29) is 24.4 Å². The van der Waals surface area contributed by atoms with Crippen molar-refractivity contribution in [3.05, 3.63) is 0 Å². The van der Waals surface area contributed by atoms with Crippen LogP contribution >= 0.6 is 0 Å². The fraction of sp³-hybridized carbons (Fsp3) is 0.875. The molecule has 0 aliphatic carbocycles. The van der Waals surface area contributed by atoms with Gasteiger partial charge in [-0.25, -0.2) is 0 Å². The smallest absolute Gasteiger partial charge is 0.243 e. The molecule has 2 amide bonds. The van der Waals surface area contributed by atoms with Gasteiger partial charge in [-0.3, -0.25) is 9.59 Å². The van der Waals surface area contributed by atoms with Gasteiger partial charge in [-0.1, -0.05) is 52.9 Å². The fourth-order valence-corrected chi connectivity index (χ4v) is 2.72. The number of nitrogens with one attached hydrogen (secondary N) is 1. The molecular weight excluding hydrogens is 252 g/mol. The quantitative estimate of drug-likeness (QED) is 0.661. The minimum atomic E-state index is -0.258. The molecule has 1 aliphatic rings. The molecule has 0 aromatic carbocycles. The lowest BCUT2D eigenvalue weighted by Crippen LogP contribution is -2.58. The molecule has 4 heteroatoms. The Morgan fingerprint density at radius 2 is 1.80 bits per heavy atom. The maximum Gasteiger partial charge on any atom is 0.243 e. The summed E-state index contributed by atoms with van der Waals surface area (Å²) in [4.78, 5) is 25.8. The van der Waals surface area contributed by atoms with Crippen molar-refractivity contribution in [2.24, 2.45) is 5.92 Å². The van der Waals surface area contributed by atoms with Gasteiger partial charge in [-0.05, 0) is 18.8 Å². The highest BCUT2D eigenvalue weighted by Gasteiger charge is 2.34. The Balaban J connectivity index is 2.41. The highest BCUT2D eigenvalue weighted by Crippen LogP contribution is 2.16. The summed E-state index contributed by atoms with van der Waals surface area (Å²) in [6, 6.07) is -0.258. The molecule has 1 rings (SSSR count). The van der Waals surface area contributed by atoms with Gasteiger partial charge in [0.05, 0.1) is 6.54 Å². The largest absolute Gasteiger partial charge is 0.345 e. The molecule has 1 fully saturated rings. The minimum Gasteiger partial charge on any atom is -0.345 e. The van der Waals surface area contributed by atoms with Crippen LogP contribution in [0.4, 0.5) is 0 Å². The van der Waals surface area contributed by atoms with E-state index in [1.54, 1.807) is 4.90 Å². The number of piperazine rings is 1. The van der Waals surface area contributed by atoms with E-state index >= 15 is 0 Å². The Hall–Kier alpha value is -1.06. The fourth-order valence-electron chi connectivity index (χ4n) is 2.72. The van der Waals surface area contributed by atoms with Gasteiger partial charge in [0, 0.05) is 6.54 Å². The molecule has 116 valence electrons. The van der Waals surface area contributed by atoms with Crippen LogP contribution in [0.2, 0.25) is 0 Å². The number of amides is 2. The van der Waals surface area contributed by atoms with Crippen molar-refractivity contribution in [2.75, 3.05) is 13.1 Å². The van der Waals surface area contributed by atoms with E-state index in [1.807, 2.05) is 0 Å². The van der Waals surface area contributed by atoms with Crippen molar-refractivity contribution in [3.63, 3.8) is 0 Å². The van der Waals surface area contributed by atoms with Gasteiger partial charge >= 0.3 is 0 Å². The normalized spacial score (nSPS) is 19.6. The second-order valence-corrected chi connectivity index (χ2v) is 6.22. The van der Waals surface area contributed by atoms with Crippen LogP contribution in [-0.4, -0.2) is 35.8 Å². The van der Waals surface area contributed by atoms with E-state index < -0.39 is 0 Å². The Morgan fingerprint density at radius 3 is 2.45 bits per heavy atom. The van der Waals surface area contributed by atoms with Gasteiger partial charge in [0.2, 0.25) is 11.8 Å². The Bertz CT molecular complexity index is 316. The van der Waals surface area contributed by atoms with E-state index in [4.69, 9.17) is 0 Å². The third-order valence-corrected chi connectivity index (χ3v) is 3.86. The second-order valence-electron chi connectivity index (χ2n) is 6.22. The molecule has 20 heavy (non-hydrogen) atoms. The topological polar surface area (TPSA) is 49.4 Å². The number of rotatable bonds is 9. The summed E-state index contributed by atoms with van der Waals surface area (Å²) in [6.45, 7) is 7.30. The molecule has 4 nitrogen and oxygen atoms in total. The van der Waals surface area contributed by atoms with Crippen LogP contribution in [0.3, 0.4) is 0 Å². The van der Waals surface area contributed by atoms with Crippen LogP contribution in [0.15, 0.2) is 0 Å². The monoisotopic (exact) mass is 282 g/mol. The summed E-state index contributed by atoms with van der Waals surface area (Å²) in [7, 11) is 0. The lowest BCUT2D eigenvalue weighted by molar-refractivity contribution is -0.146. The minimum absolute atomic E-state index is 0.0179. The van der Waals surface area contributed by atoms with Crippen molar-refractivity contribution >= 4 is 11.8 Å². The first-order chi connectivity index (χ1) is 9.56. The summed E-state index contributed by atoms with van der Waals surface area (Å²) in [5, 5.41) is 2.71. The lowest BCUT2D eigenvalue weighted by atomic mass is 9.99. The molecule has 1 saturated heterocycles. The molecule has 0 aromatic heterocycles. The third-order valence-electron chi connectivity index (χ3n) is 3.86. The van der Waals surface area contributed by atoms with Crippen LogP contribution in [0.25, 0.3) is 0 Å². The molecule has 0 radical (unpaired) electrons. The maximum absolute atomic E-state index is 12.0. The van der Waals surface area contributed by atoms with E-state index in [9.17, 15) is 9.59 Å². The van der Waals surface area contributed by atoms with Crippen LogP contribution < -0.4 is 5.32 Å². The molecule has 0 saturated carbocycles. The van der Waals surface area contributed by atoms with Crippen molar-refractivity contribution in [1.82, 2.24) is 10.2 Å². The molecule has 0 bridgehead atoms. The van der Waals surface area contributed by atoms with E-state index in [2.05, 4.69) is 26.1 Å². The SMILES string of the molecule is CCCCCCCCN1C(=O)CNC(=O)C1CC(C)C. The number of hydrogen-bond donors (Lipinski definition) is 1. The summed E-state index contributed by atoms with van der Waals surface area (Å²) in [5.74, 6) is 0.511. The first-order valence-corrected chi connectivity index (χ1v) is 8.13. The van der Waals surface area contributed by atoms with Gasteiger partial charge in [-0.15, -0.1) is 0 Å². The Morgan fingerprint density at radius 1 is 1.15 bits per heavy atom. The summed E-state index contributed by atoms with van der Waals surface area (Å²) in [6.07, 6.45) is 7.98. The molecule has 0 spiro atoms. The number of nitrogens with zero attached hydrogens (tertiary/aromatic N) is 1. The first-order valence-electron chi connectivity index (χ1n) is 8.13. The van der Waals surface area contributed by atoms with Gasteiger partial charge in [0.15, 0.2) is 0 Å². The summed E-state index contributed by atoms with van der Waals surface area (Å²) < 4.78 is 0. The van der Waals surface area contributed by atoms with Crippen molar-refractivity contribution < 1.29 is 9.59 Å². The Kier molecular flexibility index (Phi) is 7.63. The number of unbranched alkanes of at least 4 members (excludes halogenated alkanes) is 5. The van der Waals surface area contributed by atoms with Crippen LogP contribution in [0.1, 0.15) is 65.7 Å². The maximum atomic E-state index is 12.0. The number of hydrogen-bond acceptors (Lipinski definition) is 2. The van der Waals surface area contributed by atoms with Crippen molar-refractivity contribution in [1.29, 1.82) is 0 Å². The van der Waals surface area contributed by atoms with E-state index in [0.29, 0.717) is 5.92 Å². The number of carbonyl (C=O) groups is 2. The van der Waals surface area contributed by atoms with Gasteiger partial charge in [-0.2, -0.15) is 0 Å². The van der Waals surface area contributed by atoms with Crippen molar-refractivity contribution in [2.45, 2.75) is 71.8 Å². The van der Waals surface area contributed by atoms with Crippen molar-refractivity contribution in [3.8, 4) is 0 Å². The zero-order chi connectivity index (χ0) is 15.0. The second kappa shape index (κ2) is 8.98. The zero-order valence-corrected chi connectivity index (χ0v) is 13.3. The lowest BCUT2D eigenvalue weighted by Gasteiger charge is -2.36. The van der Waals surface area contributed by atoms with Gasteiger partial charge < -0.3 is 10.2 Å². The average molecular weight is 282 g/mol. The summed E-state index contributed by atoms with van der Waals surface area (Å²) in [5.41, 5.74) is 0. The molecule has 1 atom stereocenters. The predicted molar refractivity (Wildman–Crippen MR) is 81.3 cm³/mol. The van der Waals surface area contributed by atoms with Gasteiger partial charge in [0.25, 0.3) is 0 Å². The van der Waals surface area contributed by atoms with Crippen LogP contribution in [-0.2, 0) is 9.59 Å². The molecule has 1 aliphatic heterocycles. The average Bonchev–Trinajstić information content (AvgIpc) is 2.40. The highest BCUT2D eigenvalue weighted by molar-refractivity contribution is 5.94. The molecule has 1 N–H and O–H groups in total. The highest BCUT2D eigenvalue weighted by atomic mass is 16.2. The molecule has 1 unspecified atom stereocenters. The van der Waals surface area contributed by atoms with Crippen LogP contribution in [0.5, 0.6) is 0 Å². The molecule has 0 aromatic rings. The predicted octanol–water partition coefficient (Wildman–Crippen LogP) is 2.72. The molecular formula is C16H30N2O2. The first kappa shape index (κ1) is 17.0. The van der Waals surface area contributed by atoms with Crippen LogP contribution in [0, 0.1) is 5.92 Å². The third kappa shape index (κ3) is 5.51. The number of carbonyl (C=O) groups excluding carboxylic acids is 2. The van der Waals surface area contributed by atoms with Gasteiger partial charge in [0.1, 0.15) is 6.04 Å². The van der Waals surface area contributed by atoms with E-state index in [1.165, 1.54) is 25.7 Å². The standard InChI is InChI=1S/C16H30N2O2/c1-4-5-6-7-8-9-10-18-14(11-13(2)3)16(20)17-12-15(18)19/h13-14H,4-12H2,1-3H3,(H,17,20). The summed E-state index contributed by atoms with van der Waals surface area (Å²) >= 11 is 0. The zero-order valence-electron chi connectivity index (χ0n) is 13.3. The Labute approximate surface area is 123 Å².